The van der Waals surface area contributed by atoms with Crippen molar-refractivity contribution in [2.75, 3.05) is 20.2 Å². The maximum atomic E-state index is 11.2. The normalized spacial score (nSPS) is 33.8. The topological polar surface area (TPSA) is 38.8 Å². The van der Waals surface area contributed by atoms with Gasteiger partial charge in [-0.05, 0) is 19.3 Å². The van der Waals surface area contributed by atoms with E-state index in [0.29, 0.717) is 13.0 Å². The Morgan fingerprint density at radius 3 is 2.93 bits per heavy atom. The summed E-state index contributed by atoms with van der Waals surface area (Å²) in [6.45, 7) is 1.50. The second-order valence-electron chi connectivity index (χ2n) is 4.03. The second-order valence-corrected chi connectivity index (χ2v) is 4.03. The summed E-state index contributed by atoms with van der Waals surface area (Å²) >= 11 is 0. The summed E-state index contributed by atoms with van der Waals surface area (Å²) in [4.78, 5) is 12.9. The Hall–Kier alpha value is -0.610. The summed E-state index contributed by atoms with van der Waals surface area (Å²) in [6.07, 6.45) is 3.73. The monoisotopic (exact) mass is 199 g/mol. The molecule has 1 amide bonds. The van der Waals surface area contributed by atoms with Crippen molar-refractivity contribution in [2.45, 2.75) is 38.1 Å². The van der Waals surface area contributed by atoms with E-state index in [1.54, 1.807) is 4.90 Å². The number of hydrogen-bond acceptors (Lipinski definition) is 3. The zero-order chi connectivity index (χ0) is 9.97. The van der Waals surface area contributed by atoms with Crippen molar-refractivity contribution < 1.29 is 14.3 Å². The molecule has 0 radical (unpaired) electrons. The van der Waals surface area contributed by atoms with Gasteiger partial charge in [-0.25, -0.2) is 0 Å². The van der Waals surface area contributed by atoms with Crippen LogP contribution in [-0.4, -0.2) is 43.4 Å². The fourth-order valence-corrected chi connectivity index (χ4v) is 1.95. The summed E-state index contributed by atoms with van der Waals surface area (Å²) in [5.41, 5.74) is 0. The van der Waals surface area contributed by atoms with Crippen LogP contribution < -0.4 is 0 Å². The van der Waals surface area contributed by atoms with Gasteiger partial charge in [0, 0.05) is 20.2 Å². The molecule has 2 heterocycles. The Morgan fingerprint density at radius 1 is 1.50 bits per heavy atom. The number of ether oxygens (including phenoxy) is 2. The van der Waals surface area contributed by atoms with Gasteiger partial charge in [0.25, 0.3) is 0 Å². The van der Waals surface area contributed by atoms with Gasteiger partial charge in [-0.15, -0.1) is 0 Å². The molecule has 2 atom stereocenters. The van der Waals surface area contributed by atoms with E-state index in [2.05, 4.69) is 0 Å². The number of likely N-dealkylation sites (tertiary alicyclic amines) is 1. The second kappa shape index (κ2) is 4.28. The third-order valence-electron chi connectivity index (χ3n) is 2.79. The lowest BCUT2D eigenvalue weighted by molar-refractivity contribution is -0.184. The van der Waals surface area contributed by atoms with E-state index in [0.717, 1.165) is 19.4 Å². The standard InChI is InChI=1S/C10H17NO3/c1-11-7-8(6-9(11)12)14-10-4-2-3-5-13-10/h8,10H,2-7H2,1H3. The molecule has 2 aliphatic rings. The third-order valence-corrected chi connectivity index (χ3v) is 2.79. The first kappa shape index (κ1) is 9.93. The first-order valence-electron chi connectivity index (χ1n) is 5.27. The molecule has 0 aromatic rings. The quantitative estimate of drug-likeness (QED) is 0.659. The van der Waals surface area contributed by atoms with Crippen LogP contribution in [0.5, 0.6) is 0 Å². The van der Waals surface area contributed by atoms with E-state index in [4.69, 9.17) is 9.47 Å². The fourth-order valence-electron chi connectivity index (χ4n) is 1.95. The Kier molecular flexibility index (Phi) is 3.03. The van der Waals surface area contributed by atoms with Gasteiger partial charge in [0.1, 0.15) is 0 Å². The van der Waals surface area contributed by atoms with Gasteiger partial charge in [-0.1, -0.05) is 0 Å². The van der Waals surface area contributed by atoms with E-state index >= 15 is 0 Å². The Balaban J connectivity index is 1.77. The lowest BCUT2D eigenvalue weighted by atomic mass is 10.2. The van der Waals surface area contributed by atoms with Crippen molar-refractivity contribution >= 4 is 5.91 Å². The summed E-state index contributed by atoms with van der Waals surface area (Å²) in [5, 5.41) is 0. The van der Waals surface area contributed by atoms with Gasteiger partial charge >= 0.3 is 0 Å². The molecule has 0 aromatic heterocycles. The molecule has 0 bridgehead atoms. The molecule has 0 aliphatic carbocycles. The average molecular weight is 199 g/mol. The lowest BCUT2D eigenvalue weighted by Gasteiger charge is -2.25. The maximum absolute atomic E-state index is 11.2. The predicted molar refractivity (Wildman–Crippen MR) is 50.7 cm³/mol. The number of hydrogen-bond donors (Lipinski definition) is 0. The van der Waals surface area contributed by atoms with Gasteiger partial charge in [0.05, 0.1) is 12.5 Å². The molecular formula is C10H17NO3. The van der Waals surface area contributed by atoms with E-state index in [1.165, 1.54) is 6.42 Å². The average Bonchev–Trinajstić information content (AvgIpc) is 2.47. The van der Waals surface area contributed by atoms with Crippen LogP contribution in [0.4, 0.5) is 0 Å². The minimum absolute atomic E-state index is 0.0376. The highest BCUT2D eigenvalue weighted by Crippen LogP contribution is 2.20. The van der Waals surface area contributed by atoms with Crippen molar-refractivity contribution in [3.05, 3.63) is 0 Å². The molecular weight excluding hydrogens is 182 g/mol. The van der Waals surface area contributed by atoms with E-state index < -0.39 is 0 Å². The molecule has 4 heteroatoms. The van der Waals surface area contributed by atoms with Gasteiger partial charge < -0.3 is 14.4 Å². The number of carbonyl (C=O) groups is 1. The Bertz CT molecular complexity index is 213. The minimum atomic E-state index is -0.0759. The number of carbonyl (C=O) groups excluding carboxylic acids is 1. The molecule has 14 heavy (non-hydrogen) atoms. The molecule has 0 spiro atoms. The van der Waals surface area contributed by atoms with Crippen LogP contribution in [-0.2, 0) is 14.3 Å². The SMILES string of the molecule is CN1CC(OC2CCCCO2)CC1=O. The lowest BCUT2D eigenvalue weighted by Crippen LogP contribution is -2.29. The van der Waals surface area contributed by atoms with Crippen LogP contribution in [0.3, 0.4) is 0 Å². The smallest absolute Gasteiger partial charge is 0.225 e. The van der Waals surface area contributed by atoms with Crippen LogP contribution in [0, 0.1) is 0 Å². The molecule has 2 aliphatic heterocycles. The Labute approximate surface area is 84.2 Å². The van der Waals surface area contributed by atoms with Gasteiger partial charge in [-0.3, -0.25) is 4.79 Å². The first-order valence-corrected chi connectivity index (χ1v) is 5.27. The van der Waals surface area contributed by atoms with E-state index in [-0.39, 0.29) is 18.3 Å². The predicted octanol–water partition coefficient (Wildman–Crippen LogP) is 0.760. The van der Waals surface area contributed by atoms with Gasteiger partial charge in [0.15, 0.2) is 6.29 Å². The summed E-state index contributed by atoms with van der Waals surface area (Å²) < 4.78 is 11.2. The van der Waals surface area contributed by atoms with Gasteiger partial charge in [-0.2, -0.15) is 0 Å². The zero-order valence-corrected chi connectivity index (χ0v) is 8.57. The largest absolute Gasteiger partial charge is 0.353 e. The molecule has 2 rings (SSSR count). The molecule has 0 aromatic carbocycles. The highest BCUT2D eigenvalue weighted by molar-refractivity contribution is 5.78. The highest BCUT2D eigenvalue weighted by atomic mass is 16.7. The highest BCUT2D eigenvalue weighted by Gasteiger charge is 2.30. The van der Waals surface area contributed by atoms with Crippen molar-refractivity contribution in [1.29, 1.82) is 0 Å². The molecule has 2 fully saturated rings. The van der Waals surface area contributed by atoms with Crippen LogP contribution >= 0.6 is 0 Å². The Morgan fingerprint density at radius 2 is 2.36 bits per heavy atom. The molecule has 0 N–H and O–H groups in total. The number of likely N-dealkylation sites (N-methyl/N-ethyl adjacent to an activating group) is 1. The molecule has 80 valence electrons. The molecule has 0 saturated carbocycles. The van der Waals surface area contributed by atoms with Crippen molar-refractivity contribution in [3.63, 3.8) is 0 Å². The van der Waals surface area contributed by atoms with E-state index in [1.807, 2.05) is 7.05 Å². The maximum Gasteiger partial charge on any atom is 0.225 e. The minimum Gasteiger partial charge on any atom is -0.353 e. The molecule has 4 nitrogen and oxygen atoms in total. The molecule has 2 saturated heterocycles. The number of rotatable bonds is 2. The summed E-state index contributed by atoms with van der Waals surface area (Å²) in [7, 11) is 1.81. The zero-order valence-electron chi connectivity index (χ0n) is 8.57. The van der Waals surface area contributed by atoms with E-state index in [9.17, 15) is 4.79 Å². The summed E-state index contributed by atoms with van der Waals surface area (Å²) in [6, 6.07) is 0. The van der Waals surface area contributed by atoms with Crippen LogP contribution in [0.1, 0.15) is 25.7 Å². The third kappa shape index (κ3) is 2.25. The first-order chi connectivity index (χ1) is 6.75. The van der Waals surface area contributed by atoms with Crippen LogP contribution in [0.15, 0.2) is 0 Å². The number of amides is 1. The van der Waals surface area contributed by atoms with Crippen molar-refractivity contribution in [3.8, 4) is 0 Å². The number of nitrogens with zero attached hydrogens (tertiary/aromatic N) is 1. The fraction of sp³-hybridized carbons (Fsp3) is 0.900. The summed E-state index contributed by atoms with van der Waals surface area (Å²) in [5.74, 6) is 0.172. The van der Waals surface area contributed by atoms with Crippen LogP contribution in [0.2, 0.25) is 0 Å². The van der Waals surface area contributed by atoms with Gasteiger partial charge in [0.2, 0.25) is 5.91 Å². The van der Waals surface area contributed by atoms with Crippen LogP contribution in [0.25, 0.3) is 0 Å². The van der Waals surface area contributed by atoms with Crippen molar-refractivity contribution in [2.24, 2.45) is 0 Å². The van der Waals surface area contributed by atoms with Crippen molar-refractivity contribution in [1.82, 2.24) is 4.90 Å². The molecule has 2 unspecified atom stereocenters.